The Morgan fingerprint density at radius 1 is 1.47 bits per heavy atom. The van der Waals surface area contributed by atoms with Crippen LogP contribution in [0, 0.1) is 5.92 Å². The number of hydrogen-bond donors (Lipinski definition) is 0. The first-order valence-corrected chi connectivity index (χ1v) is 6.53. The van der Waals surface area contributed by atoms with E-state index in [2.05, 4.69) is 11.8 Å². The van der Waals surface area contributed by atoms with E-state index in [9.17, 15) is 4.79 Å². The van der Waals surface area contributed by atoms with Gasteiger partial charge in [0.05, 0.1) is 13.7 Å². The summed E-state index contributed by atoms with van der Waals surface area (Å²) in [6.07, 6.45) is 4.21. The van der Waals surface area contributed by atoms with E-state index in [0.717, 1.165) is 45.4 Å². The highest BCUT2D eigenvalue weighted by atomic mass is 16.5. The molecule has 4 nitrogen and oxygen atoms in total. The Morgan fingerprint density at radius 2 is 2.24 bits per heavy atom. The summed E-state index contributed by atoms with van der Waals surface area (Å²) in [6, 6.07) is -0.0539. The summed E-state index contributed by atoms with van der Waals surface area (Å²) in [7, 11) is 3.21. The third-order valence-corrected chi connectivity index (χ3v) is 3.46. The Labute approximate surface area is 104 Å². The number of unbranched alkanes of at least 4 members (excludes halogenated alkanes) is 1. The van der Waals surface area contributed by atoms with Crippen molar-refractivity contribution in [2.24, 2.45) is 5.92 Å². The van der Waals surface area contributed by atoms with Crippen LogP contribution < -0.4 is 0 Å². The van der Waals surface area contributed by atoms with Crippen molar-refractivity contribution in [1.29, 1.82) is 0 Å². The summed E-state index contributed by atoms with van der Waals surface area (Å²) in [6.45, 7) is 4.87. The molecule has 1 rings (SSSR count). The second-order valence-electron chi connectivity index (χ2n) is 4.79. The van der Waals surface area contributed by atoms with Crippen molar-refractivity contribution in [3.63, 3.8) is 0 Å². The molecule has 0 bridgehead atoms. The summed E-state index contributed by atoms with van der Waals surface area (Å²) in [5.41, 5.74) is 0. The van der Waals surface area contributed by atoms with Crippen LogP contribution in [0.4, 0.5) is 0 Å². The quantitative estimate of drug-likeness (QED) is 0.638. The van der Waals surface area contributed by atoms with Crippen LogP contribution in [-0.2, 0) is 14.3 Å². The molecule has 1 aliphatic rings. The van der Waals surface area contributed by atoms with E-state index in [-0.39, 0.29) is 12.0 Å². The predicted molar refractivity (Wildman–Crippen MR) is 66.9 cm³/mol. The molecule has 1 heterocycles. The van der Waals surface area contributed by atoms with Crippen molar-refractivity contribution in [2.75, 3.05) is 33.9 Å². The van der Waals surface area contributed by atoms with Crippen molar-refractivity contribution >= 4 is 5.97 Å². The zero-order chi connectivity index (χ0) is 12.7. The molecule has 0 aromatic carbocycles. The number of esters is 1. The number of nitrogens with zero attached hydrogens (tertiary/aromatic N) is 1. The minimum atomic E-state index is -0.0866. The molecule has 0 aliphatic carbocycles. The second-order valence-corrected chi connectivity index (χ2v) is 4.79. The summed E-state index contributed by atoms with van der Waals surface area (Å²) in [5.74, 6) is 0.477. The molecule has 1 fully saturated rings. The lowest BCUT2D eigenvalue weighted by molar-refractivity contribution is -0.147. The van der Waals surface area contributed by atoms with Gasteiger partial charge in [0.2, 0.25) is 0 Å². The zero-order valence-electron chi connectivity index (χ0n) is 11.3. The normalized spacial score (nSPS) is 22.6. The number of carbonyl (C=O) groups is 1. The van der Waals surface area contributed by atoms with Gasteiger partial charge >= 0.3 is 5.97 Å². The molecular weight excluding hydrogens is 218 g/mol. The maximum atomic E-state index is 11.8. The van der Waals surface area contributed by atoms with Crippen LogP contribution in [0.5, 0.6) is 0 Å². The monoisotopic (exact) mass is 243 g/mol. The maximum Gasteiger partial charge on any atom is 0.323 e. The summed E-state index contributed by atoms with van der Waals surface area (Å²) < 4.78 is 10.1. The van der Waals surface area contributed by atoms with Crippen molar-refractivity contribution in [2.45, 2.75) is 38.6 Å². The fraction of sp³-hybridized carbons (Fsp3) is 0.923. The Hall–Kier alpha value is -0.610. The van der Waals surface area contributed by atoms with E-state index >= 15 is 0 Å². The molecule has 2 unspecified atom stereocenters. The predicted octanol–water partition coefficient (Wildman–Crippen LogP) is 1.69. The van der Waals surface area contributed by atoms with Crippen LogP contribution in [0.25, 0.3) is 0 Å². The molecule has 0 radical (unpaired) electrons. The molecule has 0 aromatic rings. The van der Waals surface area contributed by atoms with Crippen molar-refractivity contribution in [1.82, 2.24) is 4.90 Å². The van der Waals surface area contributed by atoms with Gasteiger partial charge in [0, 0.05) is 13.7 Å². The lowest BCUT2D eigenvalue weighted by Crippen LogP contribution is -2.40. The first-order chi connectivity index (χ1) is 8.22. The second kappa shape index (κ2) is 7.67. The molecule has 0 amide bonds. The van der Waals surface area contributed by atoms with Gasteiger partial charge in [-0.05, 0) is 25.3 Å². The topological polar surface area (TPSA) is 38.8 Å². The van der Waals surface area contributed by atoms with Gasteiger partial charge in [-0.2, -0.15) is 0 Å². The largest absolute Gasteiger partial charge is 0.468 e. The molecule has 0 aromatic heterocycles. The molecule has 0 saturated carbocycles. The van der Waals surface area contributed by atoms with Gasteiger partial charge < -0.3 is 9.47 Å². The van der Waals surface area contributed by atoms with E-state index in [0.29, 0.717) is 5.92 Å². The summed E-state index contributed by atoms with van der Waals surface area (Å²) in [5, 5.41) is 0. The van der Waals surface area contributed by atoms with Gasteiger partial charge in [0.25, 0.3) is 0 Å². The number of likely N-dealkylation sites (tertiary alicyclic amines) is 1. The van der Waals surface area contributed by atoms with Crippen molar-refractivity contribution in [3.8, 4) is 0 Å². The smallest absolute Gasteiger partial charge is 0.323 e. The van der Waals surface area contributed by atoms with E-state index in [1.165, 1.54) is 7.11 Å². The van der Waals surface area contributed by atoms with Crippen LogP contribution in [0.1, 0.15) is 32.6 Å². The van der Waals surface area contributed by atoms with E-state index in [1.807, 2.05) is 0 Å². The van der Waals surface area contributed by atoms with Gasteiger partial charge in [-0.15, -0.1) is 0 Å². The van der Waals surface area contributed by atoms with Crippen LogP contribution >= 0.6 is 0 Å². The average Bonchev–Trinajstić information content (AvgIpc) is 2.78. The van der Waals surface area contributed by atoms with Gasteiger partial charge in [0.15, 0.2) is 0 Å². The van der Waals surface area contributed by atoms with Gasteiger partial charge in [-0.3, -0.25) is 9.69 Å². The molecule has 1 aliphatic heterocycles. The Bertz CT molecular complexity index is 233. The third kappa shape index (κ3) is 4.28. The van der Waals surface area contributed by atoms with Crippen LogP contribution in [-0.4, -0.2) is 50.8 Å². The average molecular weight is 243 g/mol. The standard InChI is InChI=1S/C13H25NO3/c1-4-5-6-12(13(15)17-3)14-8-7-11(9-14)10-16-2/h11-12H,4-10H2,1-3H3. The number of methoxy groups -OCH3 is 2. The first-order valence-electron chi connectivity index (χ1n) is 6.53. The van der Waals surface area contributed by atoms with Crippen LogP contribution in [0.15, 0.2) is 0 Å². The lowest BCUT2D eigenvalue weighted by Gasteiger charge is -2.25. The lowest BCUT2D eigenvalue weighted by atomic mass is 10.1. The Balaban J connectivity index is 2.49. The summed E-state index contributed by atoms with van der Waals surface area (Å²) >= 11 is 0. The molecule has 2 atom stereocenters. The molecule has 4 heteroatoms. The first kappa shape index (κ1) is 14.5. The molecule has 0 spiro atoms. The third-order valence-electron chi connectivity index (χ3n) is 3.46. The molecule has 100 valence electrons. The van der Waals surface area contributed by atoms with Gasteiger partial charge in [-0.1, -0.05) is 19.8 Å². The van der Waals surface area contributed by atoms with Crippen LogP contribution in [0.2, 0.25) is 0 Å². The molecular formula is C13H25NO3. The SMILES string of the molecule is CCCCC(C(=O)OC)N1CCC(COC)C1. The van der Waals surface area contributed by atoms with E-state index in [1.54, 1.807) is 7.11 Å². The fourth-order valence-corrected chi connectivity index (χ4v) is 2.50. The highest BCUT2D eigenvalue weighted by Crippen LogP contribution is 2.22. The number of ether oxygens (including phenoxy) is 2. The fourth-order valence-electron chi connectivity index (χ4n) is 2.50. The highest BCUT2D eigenvalue weighted by Gasteiger charge is 2.32. The number of hydrogen-bond acceptors (Lipinski definition) is 4. The minimum Gasteiger partial charge on any atom is -0.468 e. The number of rotatable bonds is 7. The van der Waals surface area contributed by atoms with E-state index in [4.69, 9.17) is 9.47 Å². The van der Waals surface area contributed by atoms with Crippen molar-refractivity contribution < 1.29 is 14.3 Å². The van der Waals surface area contributed by atoms with Crippen molar-refractivity contribution in [3.05, 3.63) is 0 Å². The number of carbonyl (C=O) groups excluding carboxylic acids is 1. The maximum absolute atomic E-state index is 11.8. The molecule has 17 heavy (non-hydrogen) atoms. The molecule has 0 N–H and O–H groups in total. The summed E-state index contributed by atoms with van der Waals surface area (Å²) in [4.78, 5) is 14.0. The molecule has 1 saturated heterocycles. The minimum absolute atomic E-state index is 0.0539. The highest BCUT2D eigenvalue weighted by molar-refractivity contribution is 5.75. The Morgan fingerprint density at radius 3 is 2.82 bits per heavy atom. The Kier molecular flexibility index (Phi) is 6.52. The van der Waals surface area contributed by atoms with Crippen LogP contribution in [0.3, 0.4) is 0 Å². The zero-order valence-corrected chi connectivity index (χ0v) is 11.3. The van der Waals surface area contributed by atoms with Gasteiger partial charge in [0.1, 0.15) is 6.04 Å². The van der Waals surface area contributed by atoms with E-state index < -0.39 is 0 Å². The van der Waals surface area contributed by atoms with Gasteiger partial charge in [-0.25, -0.2) is 0 Å².